The number of rotatable bonds is 20. The van der Waals surface area contributed by atoms with Crippen molar-refractivity contribution in [1.82, 2.24) is 59.5 Å². The van der Waals surface area contributed by atoms with Gasteiger partial charge < -0.3 is 30.2 Å². The van der Waals surface area contributed by atoms with E-state index in [0.29, 0.717) is 83.9 Å². The lowest BCUT2D eigenvalue weighted by Gasteiger charge is -2.27. The summed E-state index contributed by atoms with van der Waals surface area (Å²) in [6.07, 6.45) is 1.04. The first kappa shape index (κ1) is 51.4. The lowest BCUT2D eigenvalue weighted by molar-refractivity contribution is -0.136. The number of imide groups is 2. The van der Waals surface area contributed by atoms with E-state index in [2.05, 4.69) is 41.8 Å². The van der Waals surface area contributed by atoms with Gasteiger partial charge in [-0.05, 0) is 108 Å². The number of hydrogen-bond donors (Lipinski definition) is 6. The van der Waals surface area contributed by atoms with Crippen molar-refractivity contribution in [3.63, 3.8) is 0 Å². The van der Waals surface area contributed by atoms with Gasteiger partial charge in [0.15, 0.2) is 6.61 Å². The molecule has 7 aromatic rings. The average Bonchev–Trinajstić information content (AvgIpc) is 4.22. The van der Waals surface area contributed by atoms with Gasteiger partial charge in [-0.3, -0.25) is 73.4 Å². The van der Waals surface area contributed by atoms with E-state index in [1.807, 2.05) is 23.0 Å². The number of primary amides is 1. The fraction of sp³-hybridized carbons (Fsp3) is 0.314. The molecule has 25 nitrogen and oxygen atoms in total. The van der Waals surface area contributed by atoms with Gasteiger partial charge >= 0.3 is 0 Å². The van der Waals surface area contributed by atoms with Crippen molar-refractivity contribution in [1.29, 1.82) is 0 Å². The Morgan fingerprint density at radius 1 is 0.711 bits per heavy atom. The minimum absolute atomic E-state index is 0.00215. The summed E-state index contributed by atoms with van der Waals surface area (Å²) >= 11 is 0. The largest absolute Gasteiger partial charge is 0.483 e. The molecule has 392 valence electrons. The highest BCUT2D eigenvalue weighted by atomic mass is 16.5. The molecule has 4 aromatic heterocycles. The molecule has 76 heavy (non-hydrogen) atoms. The van der Waals surface area contributed by atoms with E-state index in [1.54, 1.807) is 71.7 Å². The Morgan fingerprint density at radius 2 is 1.28 bits per heavy atom. The number of nitrogens with one attached hydrogen (secondary N) is 5. The lowest BCUT2D eigenvalue weighted by atomic mass is 10.0. The minimum atomic E-state index is -1.17. The molecule has 7 N–H and O–H groups in total. The van der Waals surface area contributed by atoms with Crippen LogP contribution in [0.4, 0.5) is 11.9 Å². The van der Waals surface area contributed by atoms with E-state index in [-0.39, 0.29) is 65.8 Å². The van der Waals surface area contributed by atoms with E-state index in [9.17, 15) is 43.2 Å². The van der Waals surface area contributed by atoms with Gasteiger partial charge in [0.2, 0.25) is 29.6 Å². The number of nitrogens with zero attached hydrogens (tertiary/aromatic N) is 9. The average molecular weight is 1040 g/mol. The summed E-state index contributed by atoms with van der Waals surface area (Å²) in [4.78, 5) is 127. The van der Waals surface area contributed by atoms with Crippen LogP contribution in [0.1, 0.15) is 113 Å². The fourth-order valence-corrected chi connectivity index (χ4v) is 9.29. The summed E-state index contributed by atoms with van der Waals surface area (Å²) in [5, 5.41) is 22.2. The quantitative estimate of drug-likeness (QED) is 0.0473. The first-order valence-electron chi connectivity index (χ1n) is 24.6. The predicted molar refractivity (Wildman–Crippen MR) is 272 cm³/mol. The first-order valence-corrected chi connectivity index (χ1v) is 24.6. The summed E-state index contributed by atoms with van der Waals surface area (Å²) in [6, 6.07) is 16.4. The number of aryl methyl sites for hydroxylation is 6. The van der Waals surface area contributed by atoms with E-state index in [0.717, 1.165) is 4.90 Å². The molecule has 3 aromatic carbocycles. The molecule has 0 radical (unpaired) electrons. The Kier molecular flexibility index (Phi) is 14.5. The van der Waals surface area contributed by atoms with Crippen molar-refractivity contribution in [3.8, 4) is 5.75 Å². The highest BCUT2D eigenvalue weighted by Crippen LogP contribution is 2.34. The number of piperidine rings is 1. The molecule has 2 aliphatic heterocycles. The van der Waals surface area contributed by atoms with Gasteiger partial charge in [-0.2, -0.15) is 10.2 Å². The zero-order valence-electron chi connectivity index (χ0n) is 41.9. The van der Waals surface area contributed by atoms with Crippen molar-refractivity contribution in [2.75, 3.05) is 30.3 Å². The first-order chi connectivity index (χ1) is 36.5. The van der Waals surface area contributed by atoms with Crippen LogP contribution >= 0.6 is 0 Å². The SMILES string of the molecule is CCn1nc(C)cc1C(=O)Nc1nc2cc(C(N)=O)ccc2n1CCCCn1c(NC(=O)c2cc(C)nn2CC)nc2cc(C(=O)NCCNC(=O)COc3cccc4c3C(=O)N(C3CCC(=O)NC3=O)C4=O)ccc21. The summed E-state index contributed by atoms with van der Waals surface area (Å²) in [7, 11) is 0. The van der Waals surface area contributed by atoms with Crippen LogP contribution in [-0.2, 0) is 40.6 Å². The predicted octanol–water partition coefficient (Wildman–Crippen LogP) is 2.85. The van der Waals surface area contributed by atoms with Gasteiger partial charge in [-0.1, -0.05) is 6.07 Å². The van der Waals surface area contributed by atoms with E-state index < -0.39 is 65.8 Å². The highest BCUT2D eigenvalue weighted by molar-refractivity contribution is 6.24. The molecular formula is C51H53N15O10. The number of fused-ring (bicyclic) bond motifs is 3. The van der Waals surface area contributed by atoms with Crippen LogP contribution in [0.25, 0.3) is 22.1 Å². The number of imidazole rings is 2. The Balaban J connectivity index is 0.853. The van der Waals surface area contributed by atoms with Crippen LogP contribution < -0.4 is 37.1 Å². The van der Waals surface area contributed by atoms with Gasteiger partial charge in [-0.25, -0.2) is 9.97 Å². The molecule has 0 saturated carbocycles. The van der Waals surface area contributed by atoms with Gasteiger partial charge in [-0.15, -0.1) is 0 Å². The van der Waals surface area contributed by atoms with E-state index in [4.69, 9.17) is 15.5 Å². The highest BCUT2D eigenvalue weighted by Gasteiger charge is 2.46. The third-order valence-corrected chi connectivity index (χ3v) is 12.9. The van der Waals surface area contributed by atoms with Crippen LogP contribution in [0, 0.1) is 13.8 Å². The van der Waals surface area contributed by atoms with Crippen LogP contribution in [0.3, 0.4) is 0 Å². The van der Waals surface area contributed by atoms with Crippen molar-refractivity contribution in [3.05, 3.63) is 112 Å². The number of carbonyl (C=O) groups excluding carboxylic acids is 9. The van der Waals surface area contributed by atoms with Gasteiger partial charge in [0.05, 0.1) is 44.6 Å². The van der Waals surface area contributed by atoms with Crippen LogP contribution in [0.2, 0.25) is 0 Å². The normalized spacial score (nSPS) is 14.3. The van der Waals surface area contributed by atoms with Crippen LogP contribution in [0.5, 0.6) is 5.75 Å². The maximum Gasteiger partial charge on any atom is 0.276 e. The summed E-state index contributed by atoms with van der Waals surface area (Å²) in [6.45, 7) is 8.52. The number of aromatic nitrogens is 8. The number of anilines is 2. The molecule has 0 bridgehead atoms. The van der Waals surface area contributed by atoms with Crippen molar-refractivity contribution in [2.45, 2.75) is 85.6 Å². The number of benzene rings is 3. The third kappa shape index (κ3) is 10.3. The Bertz CT molecular complexity index is 3550. The maximum atomic E-state index is 13.8. The zero-order chi connectivity index (χ0) is 53.9. The van der Waals surface area contributed by atoms with E-state index in [1.165, 1.54) is 18.2 Å². The molecule has 0 aliphatic carbocycles. The molecule has 1 atom stereocenters. The second kappa shape index (κ2) is 21.5. The molecule has 2 aliphatic rings. The number of ether oxygens (including phenoxy) is 1. The van der Waals surface area contributed by atoms with Gasteiger partial charge in [0, 0.05) is 56.8 Å². The standard InChI is InChI=1S/C51H53N15O10/c1-5-64-37(22-27(3)60-64)46(72)58-50-55-32-24-29(43(52)69)12-14-34(32)62(50)20-7-8-21-63-35-15-13-30(25-33(35)56-51(63)59-47(73)38-23-28(4)61-65(38)6-2)44(70)54-19-18-53-41(68)26-76-39-11-9-10-31-42(39)49(75)66(48(31)74)36-16-17-40(67)57-45(36)71/h9-15,22-25,36H,5-8,16-21,26H2,1-4H3,(H2,52,69)(H,53,68)(H,54,70)(H,55,58,72)(H,56,59,73)(H,57,67,71). The maximum absolute atomic E-state index is 13.8. The number of amides is 9. The smallest absolute Gasteiger partial charge is 0.276 e. The van der Waals surface area contributed by atoms with Crippen LogP contribution in [-0.4, -0.2) is 122 Å². The van der Waals surface area contributed by atoms with E-state index >= 15 is 0 Å². The number of hydrogen-bond acceptors (Lipinski definition) is 14. The van der Waals surface area contributed by atoms with Crippen molar-refractivity contribution in [2.24, 2.45) is 5.73 Å². The zero-order valence-corrected chi connectivity index (χ0v) is 41.9. The number of carbonyl (C=O) groups is 9. The minimum Gasteiger partial charge on any atom is -0.483 e. The Hall–Kier alpha value is -9.55. The summed E-state index contributed by atoms with van der Waals surface area (Å²) < 4.78 is 12.5. The van der Waals surface area contributed by atoms with Crippen LogP contribution in [0.15, 0.2) is 66.7 Å². The second-order valence-electron chi connectivity index (χ2n) is 18.1. The summed E-state index contributed by atoms with van der Waals surface area (Å²) in [5.41, 5.74) is 10.2. The second-order valence-corrected chi connectivity index (χ2v) is 18.1. The molecule has 9 rings (SSSR count). The van der Waals surface area contributed by atoms with Crippen molar-refractivity contribution >= 4 is 87.1 Å². The summed E-state index contributed by atoms with van der Waals surface area (Å²) in [5.74, 6) is -4.79. The Morgan fingerprint density at radius 3 is 1.84 bits per heavy atom. The Labute approximate surface area is 432 Å². The molecule has 1 unspecified atom stereocenters. The number of nitrogens with two attached hydrogens (primary N) is 1. The van der Waals surface area contributed by atoms with Gasteiger partial charge in [0.25, 0.3) is 35.4 Å². The molecule has 1 saturated heterocycles. The molecule has 25 heteroatoms. The third-order valence-electron chi connectivity index (χ3n) is 12.9. The van der Waals surface area contributed by atoms with Crippen molar-refractivity contribution < 1.29 is 47.9 Å². The topological polar surface area (TPSA) is 324 Å². The fourth-order valence-electron chi connectivity index (χ4n) is 9.29. The lowest BCUT2D eigenvalue weighted by Crippen LogP contribution is -2.54. The molecule has 0 spiro atoms. The molecule has 9 amide bonds. The molecule has 6 heterocycles. The molecule has 1 fully saturated rings. The van der Waals surface area contributed by atoms with Gasteiger partial charge in [0.1, 0.15) is 23.2 Å². The molecular weight excluding hydrogens is 983 g/mol. The monoisotopic (exact) mass is 1040 g/mol. The number of unbranched alkanes of at least 4 members (excludes halogenated alkanes) is 1.